The van der Waals surface area contributed by atoms with Crippen LogP contribution in [0.25, 0.3) is 6.08 Å². The van der Waals surface area contributed by atoms with E-state index in [2.05, 4.69) is 6.92 Å². The van der Waals surface area contributed by atoms with Crippen molar-refractivity contribution >= 4 is 17.9 Å². The molecule has 1 aromatic carbocycles. The van der Waals surface area contributed by atoms with Gasteiger partial charge < -0.3 is 30.3 Å². The van der Waals surface area contributed by atoms with Crippen LogP contribution in [0.2, 0.25) is 0 Å². The number of nitrogens with one attached hydrogen (secondary N) is 1. The van der Waals surface area contributed by atoms with Gasteiger partial charge in [-0.15, -0.1) is 0 Å². The predicted octanol–water partition coefficient (Wildman–Crippen LogP) is 2.82. The molecule has 1 aromatic rings. The average Bonchev–Trinajstić information content (AvgIpc) is 2.93. The van der Waals surface area contributed by atoms with Crippen molar-refractivity contribution in [1.29, 1.82) is 0 Å². The van der Waals surface area contributed by atoms with Gasteiger partial charge in [-0.25, -0.2) is 0 Å². The first-order valence-corrected chi connectivity index (χ1v) is 13.9. The summed E-state index contributed by atoms with van der Waals surface area (Å²) in [5.41, 5.74) is 0.704. The number of hydrogen-bond donors (Lipinski definition) is 6. The Morgan fingerprint density at radius 1 is 0.895 bits per heavy atom. The van der Waals surface area contributed by atoms with Gasteiger partial charge in [0.2, 0.25) is 0 Å². The molecule has 0 aliphatic heterocycles. The fourth-order valence-corrected chi connectivity index (χ4v) is 3.99. The number of hydrogen-bond acceptors (Lipinski definition) is 8. The number of amides is 2. The van der Waals surface area contributed by atoms with Gasteiger partial charge in [0.05, 0.1) is 13.2 Å². The SMILES string of the molecule is CCCCCCCCCCCCCCO[C@](O)(C(=O)NC(=O)C=Cc1ccccc1)[C@@H](O)[C@H](O)[C@H](O)CO. The van der Waals surface area contributed by atoms with Crippen LogP contribution < -0.4 is 5.32 Å². The molecule has 9 nitrogen and oxygen atoms in total. The Morgan fingerprint density at radius 3 is 1.95 bits per heavy atom. The summed E-state index contributed by atoms with van der Waals surface area (Å²) in [6, 6.07) is 8.85. The van der Waals surface area contributed by atoms with Crippen molar-refractivity contribution in [3.05, 3.63) is 42.0 Å². The zero-order valence-electron chi connectivity index (χ0n) is 22.6. The molecule has 0 aliphatic rings. The Morgan fingerprint density at radius 2 is 1.42 bits per heavy atom. The van der Waals surface area contributed by atoms with Crippen LogP contribution in [0.4, 0.5) is 0 Å². The third-order valence-electron chi connectivity index (χ3n) is 6.41. The molecule has 0 radical (unpaired) electrons. The van der Waals surface area contributed by atoms with Gasteiger partial charge in [-0.3, -0.25) is 14.9 Å². The van der Waals surface area contributed by atoms with E-state index in [1.165, 1.54) is 51.0 Å². The normalized spacial score (nSPS) is 15.6. The van der Waals surface area contributed by atoms with E-state index in [-0.39, 0.29) is 6.61 Å². The molecule has 4 atom stereocenters. The van der Waals surface area contributed by atoms with E-state index in [9.17, 15) is 30.0 Å². The Hall–Kier alpha value is -2.14. The van der Waals surface area contributed by atoms with Crippen LogP contribution in [0.1, 0.15) is 89.5 Å². The second kappa shape index (κ2) is 19.9. The molecule has 0 bridgehead atoms. The van der Waals surface area contributed by atoms with Gasteiger partial charge >= 0.3 is 0 Å². The van der Waals surface area contributed by atoms with Crippen molar-refractivity contribution in [2.75, 3.05) is 13.2 Å². The third-order valence-corrected chi connectivity index (χ3v) is 6.41. The summed E-state index contributed by atoms with van der Waals surface area (Å²) < 4.78 is 5.29. The van der Waals surface area contributed by atoms with E-state index in [4.69, 9.17) is 9.84 Å². The summed E-state index contributed by atoms with van der Waals surface area (Å²) in [4.78, 5) is 25.0. The van der Waals surface area contributed by atoms with Gasteiger partial charge in [-0.2, -0.15) is 0 Å². The van der Waals surface area contributed by atoms with Crippen molar-refractivity contribution in [1.82, 2.24) is 5.32 Å². The summed E-state index contributed by atoms with van der Waals surface area (Å²) in [7, 11) is 0. The van der Waals surface area contributed by atoms with Crippen LogP contribution in [0, 0.1) is 0 Å². The topological polar surface area (TPSA) is 157 Å². The minimum absolute atomic E-state index is 0.131. The van der Waals surface area contributed by atoms with Crippen LogP contribution in [-0.4, -0.2) is 74.7 Å². The molecular formula is C29H47NO8. The first-order valence-electron chi connectivity index (χ1n) is 13.9. The number of carbonyl (C=O) groups is 2. The van der Waals surface area contributed by atoms with Crippen molar-refractivity contribution in [3.63, 3.8) is 0 Å². The number of imide groups is 1. The lowest BCUT2D eigenvalue weighted by molar-refractivity contribution is -0.268. The van der Waals surface area contributed by atoms with Crippen molar-refractivity contribution in [3.8, 4) is 0 Å². The lowest BCUT2D eigenvalue weighted by Gasteiger charge is -2.34. The van der Waals surface area contributed by atoms with Gasteiger partial charge in [0.25, 0.3) is 17.6 Å². The highest BCUT2D eigenvalue weighted by molar-refractivity contribution is 6.05. The summed E-state index contributed by atoms with van der Waals surface area (Å²) >= 11 is 0. The van der Waals surface area contributed by atoms with Crippen molar-refractivity contribution in [2.45, 2.75) is 108 Å². The van der Waals surface area contributed by atoms with Crippen molar-refractivity contribution in [2.24, 2.45) is 0 Å². The minimum Gasteiger partial charge on any atom is -0.394 e. The smallest absolute Gasteiger partial charge is 0.289 e. The molecule has 0 spiro atoms. The van der Waals surface area contributed by atoms with Gasteiger partial charge in [0.15, 0.2) is 0 Å². The van der Waals surface area contributed by atoms with E-state index >= 15 is 0 Å². The number of aliphatic hydroxyl groups is 5. The molecule has 9 heteroatoms. The maximum atomic E-state index is 12.7. The molecule has 2 amide bonds. The molecular weight excluding hydrogens is 490 g/mol. The first-order chi connectivity index (χ1) is 18.3. The minimum atomic E-state index is -3.02. The Balaban J connectivity index is 2.55. The molecule has 38 heavy (non-hydrogen) atoms. The maximum Gasteiger partial charge on any atom is 0.289 e. The summed E-state index contributed by atoms with van der Waals surface area (Å²) in [6.45, 7) is 1.15. The zero-order valence-corrected chi connectivity index (χ0v) is 22.6. The molecule has 0 fully saturated rings. The number of benzene rings is 1. The Kier molecular flexibility index (Phi) is 17.7. The molecule has 0 aliphatic carbocycles. The highest BCUT2D eigenvalue weighted by Gasteiger charge is 2.50. The number of aliphatic hydroxyl groups excluding tert-OH is 4. The average molecular weight is 538 g/mol. The first kappa shape index (κ1) is 33.9. The number of carbonyl (C=O) groups excluding carboxylic acids is 2. The highest BCUT2D eigenvalue weighted by atomic mass is 16.6. The van der Waals surface area contributed by atoms with Crippen LogP contribution in [-0.2, 0) is 14.3 Å². The van der Waals surface area contributed by atoms with Crippen LogP contribution in [0.5, 0.6) is 0 Å². The molecule has 216 valence electrons. The second-order valence-corrected chi connectivity index (χ2v) is 9.68. The summed E-state index contributed by atoms with van der Waals surface area (Å²) in [5.74, 6) is -5.30. The molecule has 1 rings (SSSR count). The lowest BCUT2D eigenvalue weighted by Crippen LogP contribution is -2.63. The monoisotopic (exact) mass is 537 g/mol. The van der Waals surface area contributed by atoms with Gasteiger partial charge in [0, 0.05) is 6.08 Å². The molecule has 0 aromatic heterocycles. The van der Waals surface area contributed by atoms with Gasteiger partial charge in [-0.05, 0) is 18.1 Å². The number of ether oxygens (including phenoxy) is 1. The lowest BCUT2D eigenvalue weighted by atomic mass is 9.99. The van der Waals surface area contributed by atoms with Crippen LogP contribution >= 0.6 is 0 Å². The van der Waals surface area contributed by atoms with E-state index in [0.717, 1.165) is 31.8 Å². The van der Waals surface area contributed by atoms with Gasteiger partial charge in [0.1, 0.15) is 18.3 Å². The van der Waals surface area contributed by atoms with Crippen molar-refractivity contribution < 1.29 is 39.9 Å². The Bertz CT molecular complexity index is 803. The van der Waals surface area contributed by atoms with Crippen LogP contribution in [0.3, 0.4) is 0 Å². The largest absolute Gasteiger partial charge is 0.394 e. The van der Waals surface area contributed by atoms with E-state index < -0.39 is 42.5 Å². The summed E-state index contributed by atoms with van der Waals surface area (Å²) in [6.07, 6.45) is 9.53. The van der Waals surface area contributed by atoms with E-state index in [1.807, 2.05) is 11.4 Å². The predicted molar refractivity (Wildman–Crippen MR) is 146 cm³/mol. The van der Waals surface area contributed by atoms with Crippen LogP contribution in [0.15, 0.2) is 36.4 Å². The standard InChI is InChI=1S/C29H47NO8/c1-2-3-4-5-6-7-8-9-10-11-12-16-21-38-29(37,27(35)26(34)24(32)22-31)28(36)30-25(33)20-19-23-17-14-13-15-18-23/h13-15,17-20,24,26-27,31-32,34-35,37H,2-12,16,21-22H2,1H3,(H,30,33,36)/t24-,26-,27+,29+/m1/s1. The maximum absolute atomic E-state index is 12.7. The third kappa shape index (κ3) is 13.1. The van der Waals surface area contributed by atoms with Gasteiger partial charge in [-0.1, -0.05) is 108 Å². The number of unbranched alkanes of at least 4 members (excludes halogenated alkanes) is 11. The molecule has 0 unspecified atom stereocenters. The summed E-state index contributed by atoms with van der Waals surface area (Å²) in [5, 5.41) is 52.1. The van der Waals surface area contributed by atoms with E-state index in [0.29, 0.717) is 12.0 Å². The second-order valence-electron chi connectivity index (χ2n) is 9.68. The Labute approximate surface area is 226 Å². The fourth-order valence-electron chi connectivity index (χ4n) is 3.99. The molecule has 0 heterocycles. The van der Waals surface area contributed by atoms with E-state index in [1.54, 1.807) is 24.3 Å². The fraction of sp³-hybridized carbons (Fsp3) is 0.655. The highest BCUT2D eigenvalue weighted by Crippen LogP contribution is 2.20. The quantitative estimate of drug-likeness (QED) is 0.0794. The molecule has 6 N–H and O–H groups in total. The zero-order chi connectivity index (χ0) is 28.2. The number of rotatable bonds is 21. The molecule has 0 saturated heterocycles. The molecule has 0 saturated carbocycles.